The Kier molecular flexibility index (Phi) is 6.93. The minimum Gasteiger partial charge on any atom is -0.367 e. The van der Waals surface area contributed by atoms with E-state index in [9.17, 15) is 13.2 Å². The van der Waals surface area contributed by atoms with E-state index in [2.05, 4.69) is 27.1 Å². The van der Waals surface area contributed by atoms with Crippen molar-refractivity contribution < 1.29 is 13.2 Å². The largest absolute Gasteiger partial charge is 0.367 e. The molecule has 1 unspecified atom stereocenters. The molecular formula is C20H24ClN3O3S. The van der Waals surface area contributed by atoms with Gasteiger partial charge in [0.2, 0.25) is 15.9 Å². The summed E-state index contributed by atoms with van der Waals surface area (Å²) in [6.07, 6.45) is 2.20. The first-order valence-corrected chi connectivity index (χ1v) is 11.2. The van der Waals surface area contributed by atoms with Gasteiger partial charge in [-0.1, -0.05) is 35.9 Å². The van der Waals surface area contributed by atoms with Crippen molar-refractivity contribution in [3.05, 3.63) is 59.6 Å². The van der Waals surface area contributed by atoms with Gasteiger partial charge in [-0.05, 0) is 43.2 Å². The summed E-state index contributed by atoms with van der Waals surface area (Å²) in [5.41, 5.74) is 1.16. The van der Waals surface area contributed by atoms with Gasteiger partial charge in [-0.2, -0.15) is 0 Å². The van der Waals surface area contributed by atoms with Crippen LogP contribution in [0.2, 0.25) is 5.02 Å². The van der Waals surface area contributed by atoms with Crippen LogP contribution in [0.15, 0.2) is 59.5 Å². The van der Waals surface area contributed by atoms with E-state index in [0.717, 1.165) is 25.1 Å². The molecule has 2 aromatic rings. The number of amides is 1. The molecule has 3 rings (SSSR count). The van der Waals surface area contributed by atoms with Crippen LogP contribution in [0.4, 0.5) is 5.69 Å². The number of sulfonamides is 1. The van der Waals surface area contributed by atoms with Gasteiger partial charge in [0.1, 0.15) is 0 Å². The standard InChI is InChI=1S/C20H24ClN3O3S/c21-16-6-4-10-19(14-16)28(26,27)23-12-11-20(25)22-15-18-9-5-13-24(18)17-7-2-1-3-8-17/h1-4,6-8,10,14,18,23H,5,9,11-13,15H2,(H,22,25). The minimum atomic E-state index is -3.68. The first-order valence-electron chi connectivity index (χ1n) is 9.29. The zero-order valence-electron chi connectivity index (χ0n) is 15.5. The number of halogens is 1. The van der Waals surface area contributed by atoms with Crippen LogP contribution in [0.5, 0.6) is 0 Å². The highest BCUT2D eigenvalue weighted by Crippen LogP contribution is 2.24. The summed E-state index contributed by atoms with van der Waals surface area (Å²) >= 11 is 5.83. The van der Waals surface area contributed by atoms with E-state index in [1.807, 2.05) is 18.2 Å². The maximum atomic E-state index is 12.2. The van der Waals surface area contributed by atoms with E-state index < -0.39 is 10.0 Å². The number of rotatable bonds is 8. The minimum absolute atomic E-state index is 0.0355. The second kappa shape index (κ2) is 9.41. The van der Waals surface area contributed by atoms with Crippen LogP contribution in [-0.2, 0) is 14.8 Å². The van der Waals surface area contributed by atoms with Crippen molar-refractivity contribution in [2.45, 2.75) is 30.2 Å². The Morgan fingerprint density at radius 1 is 1.14 bits per heavy atom. The van der Waals surface area contributed by atoms with Crippen molar-refractivity contribution in [3.63, 3.8) is 0 Å². The van der Waals surface area contributed by atoms with E-state index in [-0.39, 0.29) is 29.8 Å². The van der Waals surface area contributed by atoms with Crippen LogP contribution in [0.25, 0.3) is 0 Å². The number of nitrogens with one attached hydrogen (secondary N) is 2. The smallest absolute Gasteiger partial charge is 0.240 e. The number of carbonyl (C=O) groups is 1. The third-order valence-corrected chi connectivity index (χ3v) is 6.44. The van der Waals surface area contributed by atoms with E-state index in [1.165, 1.54) is 12.1 Å². The highest BCUT2D eigenvalue weighted by Gasteiger charge is 2.25. The molecule has 1 saturated heterocycles. The fourth-order valence-electron chi connectivity index (χ4n) is 3.34. The van der Waals surface area contributed by atoms with Crippen molar-refractivity contribution in [2.24, 2.45) is 0 Å². The number of carbonyl (C=O) groups excluding carboxylic acids is 1. The molecule has 1 fully saturated rings. The van der Waals surface area contributed by atoms with Crippen molar-refractivity contribution in [3.8, 4) is 0 Å². The Balaban J connectivity index is 1.45. The average molecular weight is 422 g/mol. The van der Waals surface area contributed by atoms with Gasteiger partial charge in [-0.3, -0.25) is 4.79 Å². The molecule has 0 radical (unpaired) electrons. The summed E-state index contributed by atoms with van der Waals surface area (Å²) in [6, 6.07) is 16.4. The number of para-hydroxylation sites is 1. The lowest BCUT2D eigenvalue weighted by molar-refractivity contribution is -0.120. The van der Waals surface area contributed by atoms with Gasteiger partial charge in [-0.25, -0.2) is 13.1 Å². The molecule has 1 amide bonds. The molecule has 1 aliphatic heterocycles. The average Bonchev–Trinajstić information content (AvgIpc) is 3.15. The van der Waals surface area contributed by atoms with Gasteiger partial charge < -0.3 is 10.2 Å². The lowest BCUT2D eigenvalue weighted by Crippen LogP contribution is -2.41. The first kappa shape index (κ1) is 20.6. The summed E-state index contributed by atoms with van der Waals surface area (Å²) in [5.74, 6) is -0.172. The molecule has 1 heterocycles. The topological polar surface area (TPSA) is 78.5 Å². The normalized spacial score (nSPS) is 16.9. The molecule has 0 saturated carbocycles. The maximum absolute atomic E-state index is 12.2. The zero-order valence-corrected chi connectivity index (χ0v) is 17.0. The van der Waals surface area contributed by atoms with Gasteiger partial charge >= 0.3 is 0 Å². The maximum Gasteiger partial charge on any atom is 0.240 e. The van der Waals surface area contributed by atoms with Crippen LogP contribution in [0.1, 0.15) is 19.3 Å². The molecule has 0 aliphatic carbocycles. The molecule has 6 nitrogen and oxygen atoms in total. The predicted molar refractivity (Wildman–Crippen MR) is 111 cm³/mol. The molecule has 1 aliphatic rings. The summed E-state index contributed by atoms with van der Waals surface area (Å²) in [5, 5.41) is 3.27. The van der Waals surface area contributed by atoms with Gasteiger partial charge in [0.05, 0.1) is 4.90 Å². The number of hydrogen-bond acceptors (Lipinski definition) is 4. The van der Waals surface area contributed by atoms with Crippen LogP contribution >= 0.6 is 11.6 Å². The highest BCUT2D eigenvalue weighted by molar-refractivity contribution is 7.89. The molecular weight excluding hydrogens is 398 g/mol. The van der Waals surface area contributed by atoms with Gasteiger partial charge in [0.15, 0.2) is 0 Å². The SMILES string of the molecule is O=C(CCNS(=O)(=O)c1cccc(Cl)c1)NCC1CCCN1c1ccccc1. The Bertz CT molecular complexity index is 906. The lowest BCUT2D eigenvalue weighted by atomic mass is 10.2. The van der Waals surface area contributed by atoms with Gasteiger partial charge in [0, 0.05) is 42.8 Å². The number of nitrogens with zero attached hydrogens (tertiary/aromatic N) is 1. The highest BCUT2D eigenvalue weighted by atomic mass is 35.5. The fourth-order valence-corrected chi connectivity index (χ4v) is 4.68. The zero-order chi connectivity index (χ0) is 20.0. The predicted octanol–water partition coefficient (Wildman–Crippen LogP) is 2.79. The van der Waals surface area contributed by atoms with E-state index in [1.54, 1.807) is 12.1 Å². The quantitative estimate of drug-likeness (QED) is 0.687. The Morgan fingerprint density at radius 2 is 1.93 bits per heavy atom. The van der Waals surface area contributed by atoms with Crippen LogP contribution in [-0.4, -0.2) is 40.0 Å². The van der Waals surface area contributed by atoms with Gasteiger partial charge in [0.25, 0.3) is 0 Å². The van der Waals surface area contributed by atoms with Crippen LogP contribution in [0, 0.1) is 0 Å². The fraction of sp³-hybridized carbons (Fsp3) is 0.350. The molecule has 150 valence electrons. The second-order valence-electron chi connectivity index (χ2n) is 6.73. The number of benzene rings is 2. The third-order valence-electron chi connectivity index (χ3n) is 4.75. The summed E-state index contributed by atoms with van der Waals surface area (Å²) in [6.45, 7) is 1.56. The molecule has 0 aromatic heterocycles. The second-order valence-corrected chi connectivity index (χ2v) is 8.94. The molecule has 1 atom stereocenters. The van der Waals surface area contributed by atoms with Crippen LogP contribution in [0.3, 0.4) is 0 Å². The Morgan fingerprint density at radius 3 is 2.68 bits per heavy atom. The van der Waals surface area contributed by atoms with E-state index in [0.29, 0.717) is 11.6 Å². The van der Waals surface area contributed by atoms with Crippen LogP contribution < -0.4 is 14.9 Å². The molecule has 28 heavy (non-hydrogen) atoms. The van der Waals surface area contributed by atoms with Crippen molar-refractivity contribution in [1.82, 2.24) is 10.0 Å². The van der Waals surface area contributed by atoms with E-state index in [4.69, 9.17) is 11.6 Å². The summed E-state index contributed by atoms with van der Waals surface area (Å²) < 4.78 is 26.9. The van der Waals surface area contributed by atoms with Crippen molar-refractivity contribution in [2.75, 3.05) is 24.5 Å². The monoisotopic (exact) mass is 421 g/mol. The Hall–Kier alpha value is -2.09. The van der Waals surface area contributed by atoms with E-state index >= 15 is 0 Å². The number of hydrogen-bond donors (Lipinski definition) is 2. The lowest BCUT2D eigenvalue weighted by Gasteiger charge is -2.27. The van der Waals surface area contributed by atoms with Crippen molar-refractivity contribution in [1.29, 1.82) is 0 Å². The summed E-state index contributed by atoms with van der Waals surface area (Å²) in [4.78, 5) is 14.5. The Labute approximate surface area is 170 Å². The van der Waals surface area contributed by atoms with Gasteiger partial charge in [-0.15, -0.1) is 0 Å². The molecule has 2 aromatic carbocycles. The number of anilines is 1. The van der Waals surface area contributed by atoms with Crippen molar-refractivity contribution >= 4 is 33.2 Å². The first-order chi connectivity index (χ1) is 13.5. The molecule has 2 N–H and O–H groups in total. The molecule has 8 heteroatoms. The summed E-state index contributed by atoms with van der Waals surface area (Å²) in [7, 11) is -3.68. The third kappa shape index (κ3) is 5.47. The molecule has 0 bridgehead atoms. The molecule has 0 spiro atoms.